The van der Waals surface area contributed by atoms with E-state index in [4.69, 9.17) is 0 Å². The van der Waals surface area contributed by atoms with Crippen LogP contribution >= 0.6 is 0 Å². The van der Waals surface area contributed by atoms with Crippen LogP contribution in [0, 0.1) is 0 Å². The summed E-state index contributed by atoms with van der Waals surface area (Å²) >= 11 is 0. The normalized spacial score (nSPS) is 12.8. The highest BCUT2D eigenvalue weighted by molar-refractivity contribution is 5.89. The van der Waals surface area contributed by atoms with Gasteiger partial charge in [-0.3, -0.25) is 4.79 Å². The zero-order valence-electron chi connectivity index (χ0n) is 10.5. The van der Waals surface area contributed by atoms with E-state index in [0.717, 1.165) is 6.42 Å². The topological polar surface area (TPSA) is 20.3 Å². The standard InChI is InChI=1S/C13H25NO/c1-5-7-8-9-10-12(14(3)4)11-13(15)6-2/h6,12H,2,5,7-11H2,1,3-4H3. The molecule has 0 rings (SSSR count). The molecule has 15 heavy (non-hydrogen) atoms. The van der Waals surface area contributed by atoms with Crippen molar-refractivity contribution in [3.05, 3.63) is 12.7 Å². The van der Waals surface area contributed by atoms with Gasteiger partial charge in [-0.2, -0.15) is 0 Å². The minimum atomic E-state index is 0.157. The summed E-state index contributed by atoms with van der Waals surface area (Å²) in [6, 6.07) is 0.382. The molecule has 2 nitrogen and oxygen atoms in total. The third-order valence-electron chi connectivity index (χ3n) is 2.79. The smallest absolute Gasteiger partial charge is 0.156 e. The molecule has 0 aliphatic carbocycles. The summed E-state index contributed by atoms with van der Waals surface area (Å²) in [6.45, 7) is 5.73. The summed E-state index contributed by atoms with van der Waals surface area (Å²) in [5.74, 6) is 0.157. The Labute approximate surface area is 94.4 Å². The molecule has 0 fully saturated rings. The molecule has 2 heteroatoms. The van der Waals surface area contributed by atoms with Crippen LogP contribution in [0.4, 0.5) is 0 Å². The van der Waals surface area contributed by atoms with E-state index in [0.29, 0.717) is 12.5 Å². The van der Waals surface area contributed by atoms with E-state index in [1.54, 1.807) is 0 Å². The van der Waals surface area contributed by atoms with Gasteiger partial charge in [0.15, 0.2) is 5.78 Å². The Morgan fingerprint density at radius 3 is 2.47 bits per heavy atom. The Hall–Kier alpha value is -0.630. The van der Waals surface area contributed by atoms with Crippen LogP contribution in [0.25, 0.3) is 0 Å². The number of allylic oxidation sites excluding steroid dienone is 1. The summed E-state index contributed by atoms with van der Waals surface area (Å²) in [4.78, 5) is 13.4. The fourth-order valence-electron chi connectivity index (χ4n) is 1.67. The molecule has 1 unspecified atom stereocenters. The van der Waals surface area contributed by atoms with Crippen molar-refractivity contribution in [2.45, 2.75) is 51.5 Å². The highest BCUT2D eigenvalue weighted by Crippen LogP contribution is 2.12. The molecule has 1 atom stereocenters. The second-order valence-electron chi connectivity index (χ2n) is 4.34. The van der Waals surface area contributed by atoms with E-state index < -0.39 is 0 Å². The van der Waals surface area contributed by atoms with Gasteiger partial charge in [0.05, 0.1) is 0 Å². The lowest BCUT2D eigenvalue weighted by Gasteiger charge is -2.23. The molecule has 0 aromatic rings. The van der Waals surface area contributed by atoms with E-state index in [9.17, 15) is 4.79 Å². The van der Waals surface area contributed by atoms with E-state index >= 15 is 0 Å². The quantitative estimate of drug-likeness (QED) is 0.431. The molecule has 0 N–H and O–H groups in total. The lowest BCUT2D eigenvalue weighted by molar-refractivity contribution is -0.115. The van der Waals surface area contributed by atoms with Crippen molar-refractivity contribution in [1.82, 2.24) is 4.90 Å². The number of hydrogen-bond acceptors (Lipinski definition) is 2. The first-order valence-electron chi connectivity index (χ1n) is 5.93. The summed E-state index contributed by atoms with van der Waals surface area (Å²) in [5.41, 5.74) is 0. The molecule has 0 saturated carbocycles. The lowest BCUT2D eigenvalue weighted by Crippen LogP contribution is -2.29. The number of carbonyl (C=O) groups is 1. The monoisotopic (exact) mass is 211 g/mol. The van der Waals surface area contributed by atoms with Crippen molar-refractivity contribution in [2.24, 2.45) is 0 Å². The van der Waals surface area contributed by atoms with Gasteiger partial charge < -0.3 is 4.90 Å². The van der Waals surface area contributed by atoms with Crippen LogP contribution in [-0.4, -0.2) is 30.8 Å². The minimum absolute atomic E-state index is 0.157. The maximum Gasteiger partial charge on any atom is 0.156 e. The number of nitrogens with zero attached hydrogens (tertiary/aromatic N) is 1. The Morgan fingerprint density at radius 2 is 2.00 bits per heavy atom. The van der Waals surface area contributed by atoms with Crippen LogP contribution in [-0.2, 0) is 4.79 Å². The number of hydrogen-bond donors (Lipinski definition) is 0. The Bertz CT molecular complexity index is 187. The molecule has 0 aromatic carbocycles. The van der Waals surface area contributed by atoms with Gasteiger partial charge in [-0.25, -0.2) is 0 Å². The van der Waals surface area contributed by atoms with E-state index in [-0.39, 0.29) is 5.78 Å². The molecule has 0 heterocycles. The zero-order valence-corrected chi connectivity index (χ0v) is 10.5. The van der Waals surface area contributed by atoms with Crippen molar-refractivity contribution >= 4 is 5.78 Å². The minimum Gasteiger partial charge on any atom is -0.306 e. The van der Waals surface area contributed by atoms with Gasteiger partial charge >= 0.3 is 0 Å². The van der Waals surface area contributed by atoms with Crippen molar-refractivity contribution in [3.63, 3.8) is 0 Å². The predicted octanol–water partition coefficient (Wildman–Crippen LogP) is 3.03. The third-order valence-corrected chi connectivity index (χ3v) is 2.79. The maximum absolute atomic E-state index is 11.3. The Kier molecular flexibility index (Phi) is 8.30. The summed E-state index contributed by atoms with van der Waals surface area (Å²) in [6.07, 6.45) is 8.23. The van der Waals surface area contributed by atoms with E-state index in [1.165, 1.54) is 31.8 Å². The maximum atomic E-state index is 11.3. The Morgan fingerprint density at radius 1 is 1.33 bits per heavy atom. The van der Waals surface area contributed by atoms with Crippen LogP contribution < -0.4 is 0 Å². The molecular formula is C13H25NO. The molecular weight excluding hydrogens is 186 g/mol. The largest absolute Gasteiger partial charge is 0.306 e. The highest BCUT2D eigenvalue weighted by Gasteiger charge is 2.13. The summed E-state index contributed by atoms with van der Waals surface area (Å²) in [7, 11) is 4.09. The van der Waals surface area contributed by atoms with E-state index in [2.05, 4.69) is 18.4 Å². The first-order chi connectivity index (χ1) is 7.11. The number of carbonyl (C=O) groups excluding carboxylic acids is 1. The van der Waals surface area contributed by atoms with Crippen molar-refractivity contribution in [2.75, 3.05) is 14.1 Å². The molecule has 0 radical (unpaired) electrons. The molecule has 0 saturated heterocycles. The van der Waals surface area contributed by atoms with Crippen LogP contribution in [0.3, 0.4) is 0 Å². The van der Waals surface area contributed by atoms with Crippen molar-refractivity contribution < 1.29 is 4.79 Å². The lowest BCUT2D eigenvalue weighted by atomic mass is 10.0. The van der Waals surface area contributed by atoms with Crippen molar-refractivity contribution in [3.8, 4) is 0 Å². The van der Waals surface area contributed by atoms with Gasteiger partial charge in [-0.15, -0.1) is 0 Å². The number of rotatable bonds is 9. The van der Waals surface area contributed by atoms with Gasteiger partial charge in [0.2, 0.25) is 0 Å². The molecule has 0 aromatic heterocycles. The van der Waals surface area contributed by atoms with Gasteiger partial charge in [0.25, 0.3) is 0 Å². The SMILES string of the molecule is C=CC(=O)CC(CCCCCC)N(C)C. The highest BCUT2D eigenvalue weighted by atomic mass is 16.1. The first kappa shape index (κ1) is 14.4. The molecule has 0 spiro atoms. The number of ketones is 1. The second kappa shape index (κ2) is 8.66. The average molecular weight is 211 g/mol. The van der Waals surface area contributed by atoms with Gasteiger partial charge in [0.1, 0.15) is 0 Å². The summed E-state index contributed by atoms with van der Waals surface area (Å²) < 4.78 is 0. The molecule has 0 aliphatic rings. The van der Waals surface area contributed by atoms with Crippen LogP contribution in [0.2, 0.25) is 0 Å². The molecule has 0 amide bonds. The second-order valence-corrected chi connectivity index (χ2v) is 4.34. The first-order valence-corrected chi connectivity index (χ1v) is 5.93. The average Bonchev–Trinajstić information content (AvgIpc) is 2.21. The Balaban J connectivity index is 3.83. The zero-order chi connectivity index (χ0) is 11.7. The fourth-order valence-corrected chi connectivity index (χ4v) is 1.67. The van der Waals surface area contributed by atoms with E-state index in [1.807, 2.05) is 14.1 Å². The van der Waals surface area contributed by atoms with Crippen molar-refractivity contribution in [1.29, 1.82) is 0 Å². The summed E-state index contributed by atoms with van der Waals surface area (Å²) in [5, 5.41) is 0. The van der Waals surface area contributed by atoms with Crippen LogP contribution in [0.1, 0.15) is 45.4 Å². The molecule has 0 bridgehead atoms. The van der Waals surface area contributed by atoms with Crippen LogP contribution in [0.15, 0.2) is 12.7 Å². The molecule has 88 valence electrons. The predicted molar refractivity (Wildman–Crippen MR) is 66.1 cm³/mol. The number of unbranched alkanes of at least 4 members (excludes halogenated alkanes) is 3. The fraction of sp³-hybridized carbons (Fsp3) is 0.769. The molecule has 0 aliphatic heterocycles. The van der Waals surface area contributed by atoms with Gasteiger partial charge in [0, 0.05) is 12.5 Å². The third kappa shape index (κ3) is 7.32. The van der Waals surface area contributed by atoms with Crippen LogP contribution in [0.5, 0.6) is 0 Å². The van der Waals surface area contributed by atoms with Gasteiger partial charge in [-0.05, 0) is 26.6 Å². The van der Waals surface area contributed by atoms with Gasteiger partial charge in [-0.1, -0.05) is 39.2 Å².